The Balaban J connectivity index is 1.70. The van der Waals surface area contributed by atoms with Gasteiger partial charge in [-0.25, -0.2) is 0 Å². The van der Waals surface area contributed by atoms with Crippen LogP contribution in [0.25, 0.3) is 0 Å². The molecule has 5 heteroatoms. The third-order valence-corrected chi connectivity index (χ3v) is 6.23. The Morgan fingerprint density at radius 3 is 1.66 bits per heavy atom. The number of carbonyl (C=O) groups excluding carboxylic acids is 1. The molecule has 0 amide bonds. The molecule has 0 heterocycles. The van der Waals surface area contributed by atoms with Crippen LogP contribution in [0.15, 0.2) is 0 Å². The van der Waals surface area contributed by atoms with E-state index in [-0.39, 0.29) is 0 Å². The van der Waals surface area contributed by atoms with Crippen LogP contribution in [0.2, 0.25) is 0 Å². The molecule has 1 atom stereocenters. The van der Waals surface area contributed by atoms with Crippen molar-refractivity contribution in [2.24, 2.45) is 0 Å². The molecule has 0 aromatic heterocycles. The minimum absolute atomic E-state index is 0.393. The molecule has 0 aromatic rings. The highest BCUT2D eigenvalue weighted by Gasteiger charge is 2.17. The molecule has 1 aliphatic rings. The van der Waals surface area contributed by atoms with Crippen LogP contribution in [0.5, 0.6) is 0 Å². The van der Waals surface area contributed by atoms with Gasteiger partial charge in [0.25, 0.3) is 6.04 Å². The van der Waals surface area contributed by atoms with Crippen LogP contribution in [0.3, 0.4) is 0 Å². The Kier molecular flexibility index (Phi) is 17.1. The number of nitrogens with zero attached hydrogens (tertiary/aromatic N) is 1. The fourth-order valence-electron chi connectivity index (χ4n) is 4.28. The molecule has 0 radical (unpaired) electrons. The number of hydrogen-bond donors (Lipinski definition) is 0. The molecule has 0 saturated heterocycles. The van der Waals surface area contributed by atoms with Crippen molar-refractivity contribution in [1.29, 1.82) is 0 Å². The molecular formula is C24H45NO4. The summed E-state index contributed by atoms with van der Waals surface area (Å²) in [6, 6.07) is -0.995. The second kappa shape index (κ2) is 19.0. The van der Waals surface area contributed by atoms with Crippen LogP contribution in [-0.4, -0.2) is 30.0 Å². The molecule has 1 rings (SSSR count). The van der Waals surface area contributed by atoms with Gasteiger partial charge in [0.1, 0.15) is 0 Å². The fourth-order valence-corrected chi connectivity index (χ4v) is 4.28. The van der Waals surface area contributed by atoms with Crippen LogP contribution in [0.4, 0.5) is 0 Å². The average molecular weight is 412 g/mol. The lowest BCUT2D eigenvalue weighted by Crippen LogP contribution is -2.20. The van der Waals surface area contributed by atoms with Crippen molar-refractivity contribution in [3.8, 4) is 0 Å². The molecule has 170 valence electrons. The van der Waals surface area contributed by atoms with Gasteiger partial charge in [0, 0.05) is 18.0 Å². The summed E-state index contributed by atoms with van der Waals surface area (Å²) in [5.74, 6) is 0. The van der Waals surface area contributed by atoms with Crippen LogP contribution in [0, 0.1) is 10.1 Å². The van der Waals surface area contributed by atoms with Gasteiger partial charge in [0.05, 0.1) is 6.10 Å². The number of unbranched alkanes of at least 4 members (excludes halogenated alkanes) is 13. The van der Waals surface area contributed by atoms with Gasteiger partial charge in [0.15, 0.2) is 6.29 Å². The zero-order valence-corrected chi connectivity index (χ0v) is 18.7. The lowest BCUT2D eigenvalue weighted by molar-refractivity contribution is -0.506. The van der Waals surface area contributed by atoms with E-state index < -0.39 is 11.0 Å². The maximum Gasteiger partial charge on any atom is 0.267 e. The van der Waals surface area contributed by atoms with Gasteiger partial charge in [-0.15, -0.1) is 0 Å². The molecule has 1 aliphatic carbocycles. The SMILES string of the molecule is O=CC(CCCCCCCCCCCCCCCCOC1CCCCC1)[N+](=O)[O-]. The third-order valence-electron chi connectivity index (χ3n) is 6.23. The van der Waals surface area contributed by atoms with Gasteiger partial charge in [-0.3, -0.25) is 14.9 Å². The molecule has 1 fully saturated rings. The largest absolute Gasteiger partial charge is 0.378 e. The van der Waals surface area contributed by atoms with Crippen molar-refractivity contribution in [1.82, 2.24) is 0 Å². The summed E-state index contributed by atoms with van der Waals surface area (Å²) in [6.45, 7) is 0.970. The van der Waals surface area contributed by atoms with Crippen LogP contribution < -0.4 is 0 Å². The van der Waals surface area contributed by atoms with Crippen molar-refractivity contribution in [2.75, 3.05) is 6.61 Å². The van der Waals surface area contributed by atoms with E-state index in [9.17, 15) is 14.9 Å². The Morgan fingerprint density at radius 1 is 0.759 bits per heavy atom. The van der Waals surface area contributed by atoms with Crippen molar-refractivity contribution in [3.05, 3.63) is 10.1 Å². The highest BCUT2D eigenvalue weighted by molar-refractivity contribution is 5.55. The molecule has 1 unspecified atom stereocenters. The Bertz CT molecular complexity index is 396. The first-order chi connectivity index (χ1) is 14.2. The molecule has 29 heavy (non-hydrogen) atoms. The minimum Gasteiger partial charge on any atom is -0.378 e. The number of aldehydes is 1. The van der Waals surface area contributed by atoms with Gasteiger partial charge in [0.2, 0.25) is 0 Å². The monoisotopic (exact) mass is 411 g/mol. The van der Waals surface area contributed by atoms with E-state index in [0.717, 1.165) is 25.9 Å². The summed E-state index contributed by atoms with van der Waals surface area (Å²) in [6.07, 6.45) is 25.5. The quantitative estimate of drug-likeness (QED) is 0.0933. The minimum atomic E-state index is -0.995. The average Bonchev–Trinajstić information content (AvgIpc) is 2.73. The number of rotatable bonds is 20. The lowest BCUT2D eigenvalue weighted by atomic mass is 9.98. The standard InChI is InChI=1S/C24H45NO4/c26-22-23(25(27)28)18-14-11-9-7-5-3-1-2-4-6-8-10-12-17-21-29-24-19-15-13-16-20-24/h22-24H,1-21H2. The summed E-state index contributed by atoms with van der Waals surface area (Å²) in [5, 5.41) is 10.5. The van der Waals surface area contributed by atoms with E-state index in [4.69, 9.17) is 4.74 Å². The van der Waals surface area contributed by atoms with Crippen LogP contribution in [0.1, 0.15) is 128 Å². The van der Waals surface area contributed by atoms with Gasteiger partial charge in [-0.1, -0.05) is 96.3 Å². The summed E-state index contributed by atoms with van der Waals surface area (Å²) in [4.78, 5) is 20.6. The first kappa shape index (κ1) is 26.1. The van der Waals surface area contributed by atoms with E-state index in [1.165, 1.54) is 103 Å². The molecule has 1 saturated carbocycles. The second-order valence-corrected chi connectivity index (χ2v) is 8.86. The first-order valence-electron chi connectivity index (χ1n) is 12.4. The first-order valence-corrected chi connectivity index (χ1v) is 12.4. The zero-order valence-electron chi connectivity index (χ0n) is 18.7. The molecule has 0 spiro atoms. The Labute approximate surface area is 178 Å². The van der Waals surface area contributed by atoms with E-state index in [2.05, 4.69) is 0 Å². The number of carbonyl (C=O) groups is 1. The summed E-state index contributed by atoms with van der Waals surface area (Å²) in [7, 11) is 0. The van der Waals surface area contributed by atoms with Gasteiger partial charge >= 0.3 is 0 Å². The smallest absolute Gasteiger partial charge is 0.267 e. The van der Waals surface area contributed by atoms with Crippen LogP contribution in [-0.2, 0) is 9.53 Å². The predicted octanol–water partition coefficient (Wildman–Crippen LogP) is 7.03. The maximum absolute atomic E-state index is 10.5. The lowest BCUT2D eigenvalue weighted by Gasteiger charge is -2.21. The molecular weight excluding hydrogens is 366 g/mol. The summed E-state index contributed by atoms with van der Waals surface area (Å²) in [5.41, 5.74) is 0. The molecule has 0 bridgehead atoms. The fraction of sp³-hybridized carbons (Fsp3) is 0.958. The highest BCUT2D eigenvalue weighted by atomic mass is 16.6. The van der Waals surface area contributed by atoms with Gasteiger partial charge in [-0.2, -0.15) is 0 Å². The van der Waals surface area contributed by atoms with Crippen molar-refractivity contribution in [3.63, 3.8) is 0 Å². The zero-order chi connectivity index (χ0) is 21.0. The molecule has 0 N–H and O–H groups in total. The molecule has 0 aromatic carbocycles. The molecule has 5 nitrogen and oxygen atoms in total. The Hall–Kier alpha value is -0.970. The predicted molar refractivity (Wildman–Crippen MR) is 119 cm³/mol. The van der Waals surface area contributed by atoms with Crippen molar-refractivity contribution >= 4 is 6.29 Å². The molecule has 0 aliphatic heterocycles. The van der Waals surface area contributed by atoms with Crippen molar-refractivity contribution < 1.29 is 14.5 Å². The number of ether oxygens (including phenoxy) is 1. The van der Waals surface area contributed by atoms with E-state index in [1.54, 1.807) is 0 Å². The van der Waals surface area contributed by atoms with Crippen molar-refractivity contribution in [2.45, 2.75) is 141 Å². The highest BCUT2D eigenvalue weighted by Crippen LogP contribution is 2.20. The van der Waals surface area contributed by atoms with E-state index in [1.807, 2.05) is 0 Å². The third kappa shape index (κ3) is 15.5. The number of hydrogen-bond acceptors (Lipinski definition) is 4. The second-order valence-electron chi connectivity index (χ2n) is 8.86. The van der Waals surface area contributed by atoms with E-state index in [0.29, 0.717) is 18.8 Å². The van der Waals surface area contributed by atoms with Crippen LogP contribution >= 0.6 is 0 Å². The normalized spacial score (nSPS) is 16.0. The van der Waals surface area contributed by atoms with E-state index >= 15 is 0 Å². The summed E-state index contributed by atoms with van der Waals surface area (Å²) >= 11 is 0. The van der Waals surface area contributed by atoms with Gasteiger partial charge < -0.3 is 4.74 Å². The van der Waals surface area contributed by atoms with Gasteiger partial charge in [-0.05, 0) is 25.7 Å². The Morgan fingerprint density at radius 2 is 1.21 bits per heavy atom. The maximum atomic E-state index is 10.5. The number of nitro groups is 1. The summed E-state index contributed by atoms with van der Waals surface area (Å²) < 4.78 is 5.98. The topological polar surface area (TPSA) is 69.4 Å².